The highest BCUT2D eigenvalue weighted by Gasteiger charge is 2.31. The van der Waals surface area contributed by atoms with E-state index in [1.165, 1.54) is 26.5 Å². The summed E-state index contributed by atoms with van der Waals surface area (Å²) < 4.78 is 10.2. The summed E-state index contributed by atoms with van der Waals surface area (Å²) in [7, 11) is 2.65. The highest BCUT2D eigenvalue weighted by Crippen LogP contribution is 2.40. The molecule has 2 heterocycles. The molecular formula is C25H27N7O9S. The molecule has 2 aromatic heterocycles. The van der Waals surface area contributed by atoms with Gasteiger partial charge >= 0.3 is 12.1 Å². The lowest BCUT2D eigenvalue weighted by atomic mass is 10.1. The van der Waals surface area contributed by atoms with Gasteiger partial charge in [0.2, 0.25) is 5.91 Å². The highest BCUT2D eigenvalue weighted by molar-refractivity contribution is 7.17. The van der Waals surface area contributed by atoms with Crippen LogP contribution < -0.4 is 26.0 Å². The fraction of sp³-hybridized carbons (Fsp3) is 0.320. The number of thiazole rings is 1. The molecule has 4 rings (SSSR count). The van der Waals surface area contributed by atoms with Crippen molar-refractivity contribution in [3.05, 3.63) is 41.0 Å². The molecule has 222 valence electrons. The Morgan fingerprint density at radius 1 is 1.07 bits per heavy atom. The number of esters is 1. The molecule has 16 nitrogen and oxygen atoms in total. The predicted molar refractivity (Wildman–Crippen MR) is 147 cm³/mol. The SMILES string of the molecule is COC(=O)CCNC(=O)c1cnc(-c2cccc(Nc3cc(NC(=O)C4CC4)nnc3C(=O)NC(O)(O)O)c2OC)s1. The van der Waals surface area contributed by atoms with E-state index >= 15 is 0 Å². The number of aliphatic hydroxyl groups is 3. The molecule has 0 unspecified atom stereocenters. The number of carbonyl (C=O) groups is 4. The Hall–Kier alpha value is -4.71. The summed E-state index contributed by atoms with van der Waals surface area (Å²) in [5.74, 6) is -2.20. The molecule has 17 heteroatoms. The molecule has 3 aromatic rings. The average molecular weight is 602 g/mol. The number of rotatable bonds is 12. The molecule has 1 aliphatic rings. The third kappa shape index (κ3) is 7.72. The Morgan fingerprint density at radius 2 is 1.83 bits per heavy atom. The van der Waals surface area contributed by atoms with Crippen LogP contribution in [0.25, 0.3) is 10.6 Å². The van der Waals surface area contributed by atoms with Crippen molar-refractivity contribution >= 4 is 52.2 Å². The van der Waals surface area contributed by atoms with Crippen LogP contribution >= 0.6 is 11.3 Å². The second-order valence-corrected chi connectivity index (χ2v) is 10.00. The Labute approximate surface area is 242 Å². The van der Waals surface area contributed by atoms with Crippen LogP contribution in [0, 0.1) is 5.92 Å². The van der Waals surface area contributed by atoms with Gasteiger partial charge in [0.05, 0.1) is 43.8 Å². The Balaban J connectivity index is 1.62. The number of para-hydroxylation sites is 1. The maximum Gasteiger partial charge on any atom is 0.369 e. The van der Waals surface area contributed by atoms with Crippen LogP contribution in [0.5, 0.6) is 5.75 Å². The lowest BCUT2D eigenvalue weighted by Gasteiger charge is -2.18. The molecule has 1 fully saturated rings. The molecule has 42 heavy (non-hydrogen) atoms. The van der Waals surface area contributed by atoms with Crippen LogP contribution in [0.15, 0.2) is 30.5 Å². The van der Waals surface area contributed by atoms with Gasteiger partial charge in [-0.1, -0.05) is 6.07 Å². The first kappa shape index (κ1) is 30.3. The van der Waals surface area contributed by atoms with Crippen LogP contribution in [0.1, 0.15) is 39.4 Å². The van der Waals surface area contributed by atoms with Crippen molar-refractivity contribution < 1.29 is 44.0 Å². The first-order valence-electron chi connectivity index (χ1n) is 12.4. The summed E-state index contributed by atoms with van der Waals surface area (Å²) in [6.45, 7) is 0.0877. The van der Waals surface area contributed by atoms with Gasteiger partial charge in [-0.05, 0) is 25.0 Å². The molecule has 7 N–H and O–H groups in total. The van der Waals surface area contributed by atoms with Crippen LogP contribution in [-0.4, -0.2) is 81.1 Å². The topological polar surface area (TPSA) is 234 Å². The van der Waals surface area contributed by atoms with E-state index in [9.17, 15) is 34.5 Å². The zero-order valence-corrected chi connectivity index (χ0v) is 23.2. The molecule has 1 aliphatic carbocycles. The summed E-state index contributed by atoms with van der Waals surface area (Å²) in [4.78, 5) is 53.3. The van der Waals surface area contributed by atoms with Crippen LogP contribution in [0.2, 0.25) is 0 Å². The van der Waals surface area contributed by atoms with Crippen LogP contribution in [0.4, 0.5) is 17.2 Å². The van der Waals surface area contributed by atoms with E-state index < -0.39 is 29.6 Å². The molecule has 3 amide bonds. The maximum absolute atomic E-state index is 12.6. The van der Waals surface area contributed by atoms with Gasteiger partial charge in [0, 0.05) is 18.5 Å². The van der Waals surface area contributed by atoms with Crippen molar-refractivity contribution in [1.82, 2.24) is 25.8 Å². The van der Waals surface area contributed by atoms with Crippen LogP contribution in [0.3, 0.4) is 0 Å². The first-order valence-corrected chi connectivity index (χ1v) is 13.2. The van der Waals surface area contributed by atoms with E-state index in [0.29, 0.717) is 16.3 Å². The Morgan fingerprint density at radius 3 is 2.50 bits per heavy atom. The number of amides is 3. The minimum Gasteiger partial charge on any atom is -0.494 e. The van der Waals surface area contributed by atoms with Gasteiger partial charge in [0.1, 0.15) is 9.88 Å². The van der Waals surface area contributed by atoms with E-state index in [-0.39, 0.29) is 46.9 Å². The number of anilines is 3. The van der Waals surface area contributed by atoms with Crippen molar-refractivity contribution in [2.75, 3.05) is 31.4 Å². The summed E-state index contributed by atoms with van der Waals surface area (Å²) in [6, 6.07) is 6.26. The molecule has 0 bridgehead atoms. The molecule has 1 aromatic carbocycles. The standard InChI is InChI=1S/C25H27N7O9S/c1-40-18(33)8-9-26-22(35)16-11-27-24(42-16)13-4-3-5-14(20(13)41-2)28-15-10-17(29-21(34)12-6-7-12)31-32-19(15)23(36)30-25(37,38)39/h3-5,10-12,37-39H,6-9H2,1-2H3,(H,26,35)(H,30,36)(H2,28,29,31,34). The summed E-state index contributed by atoms with van der Waals surface area (Å²) in [5.41, 5.74) is 0.308. The number of aromatic nitrogens is 3. The van der Waals surface area contributed by atoms with E-state index in [4.69, 9.17) is 4.74 Å². The molecule has 0 aliphatic heterocycles. The van der Waals surface area contributed by atoms with Gasteiger partial charge in [0.15, 0.2) is 17.3 Å². The number of hydrogen-bond donors (Lipinski definition) is 7. The zero-order chi connectivity index (χ0) is 30.4. The molecule has 0 spiro atoms. The molecule has 0 atom stereocenters. The van der Waals surface area contributed by atoms with Crippen LogP contribution in [-0.2, 0) is 14.3 Å². The van der Waals surface area contributed by atoms with Crippen molar-refractivity contribution in [1.29, 1.82) is 0 Å². The minimum absolute atomic E-state index is 0.0151. The van der Waals surface area contributed by atoms with Gasteiger partial charge < -0.3 is 40.7 Å². The molecular weight excluding hydrogens is 574 g/mol. The van der Waals surface area contributed by atoms with Gasteiger partial charge in [-0.3, -0.25) is 24.5 Å². The van der Waals surface area contributed by atoms with Gasteiger partial charge in [-0.15, -0.1) is 21.5 Å². The van der Waals surface area contributed by atoms with E-state index in [1.54, 1.807) is 23.5 Å². The van der Waals surface area contributed by atoms with Crippen molar-refractivity contribution in [2.45, 2.75) is 25.4 Å². The minimum atomic E-state index is -3.53. The van der Waals surface area contributed by atoms with Gasteiger partial charge in [0.25, 0.3) is 11.8 Å². The lowest BCUT2D eigenvalue weighted by Crippen LogP contribution is -2.48. The second kappa shape index (κ2) is 12.9. The van der Waals surface area contributed by atoms with E-state index in [2.05, 4.69) is 35.9 Å². The van der Waals surface area contributed by atoms with E-state index in [1.807, 2.05) is 0 Å². The number of methoxy groups -OCH3 is 2. The molecule has 0 saturated heterocycles. The number of carbonyl (C=O) groups excluding carboxylic acids is 4. The highest BCUT2D eigenvalue weighted by atomic mass is 32.1. The fourth-order valence-electron chi connectivity index (χ4n) is 3.64. The van der Waals surface area contributed by atoms with Gasteiger partial charge in [-0.25, -0.2) is 4.98 Å². The van der Waals surface area contributed by atoms with Crippen molar-refractivity contribution in [3.63, 3.8) is 0 Å². The quantitative estimate of drug-likeness (QED) is 0.109. The van der Waals surface area contributed by atoms with Gasteiger partial charge in [-0.2, -0.15) is 0 Å². The first-order chi connectivity index (χ1) is 20.0. The summed E-state index contributed by atoms with van der Waals surface area (Å²) >= 11 is 1.07. The number of hydrogen-bond acceptors (Lipinski definition) is 14. The summed E-state index contributed by atoms with van der Waals surface area (Å²) in [6.07, 6.45) is -0.647. The van der Waals surface area contributed by atoms with E-state index in [0.717, 1.165) is 24.2 Å². The predicted octanol–water partition coefficient (Wildman–Crippen LogP) is 0.312. The number of nitrogens with zero attached hydrogens (tertiary/aromatic N) is 3. The smallest absolute Gasteiger partial charge is 0.369 e. The Bertz CT molecular complexity index is 1500. The maximum atomic E-state index is 12.6. The van der Waals surface area contributed by atoms with Crippen molar-refractivity contribution in [3.8, 4) is 16.3 Å². The normalized spacial score (nSPS) is 12.7. The lowest BCUT2D eigenvalue weighted by molar-refractivity contribution is -0.323. The largest absolute Gasteiger partial charge is 0.494 e. The summed E-state index contributed by atoms with van der Waals surface area (Å²) in [5, 5.41) is 45.4. The Kier molecular flexibility index (Phi) is 9.26. The second-order valence-electron chi connectivity index (χ2n) is 8.97. The third-order valence-electron chi connectivity index (χ3n) is 5.78. The number of ether oxygens (including phenoxy) is 2. The fourth-order valence-corrected chi connectivity index (χ4v) is 4.50. The zero-order valence-electron chi connectivity index (χ0n) is 22.3. The molecule has 1 saturated carbocycles. The monoisotopic (exact) mass is 601 g/mol. The number of nitrogens with one attached hydrogen (secondary N) is 4. The number of benzene rings is 1. The molecule has 0 radical (unpaired) electrons. The third-order valence-corrected chi connectivity index (χ3v) is 6.81. The average Bonchev–Trinajstić information content (AvgIpc) is 3.68. The van der Waals surface area contributed by atoms with Crippen molar-refractivity contribution in [2.24, 2.45) is 5.92 Å².